The molecule has 1 N–H and O–H groups in total. The molecule has 0 radical (unpaired) electrons. The first kappa shape index (κ1) is 16.7. The molecule has 21 heavy (non-hydrogen) atoms. The van der Waals surface area contributed by atoms with Gasteiger partial charge in [-0.2, -0.15) is 0 Å². The highest BCUT2D eigenvalue weighted by Crippen LogP contribution is 2.21. The number of nitrogens with one attached hydrogen (secondary N) is 1. The summed E-state index contributed by atoms with van der Waals surface area (Å²) >= 11 is 3.44. The molecule has 1 fully saturated rings. The van der Waals surface area contributed by atoms with Crippen molar-refractivity contribution in [3.63, 3.8) is 0 Å². The monoisotopic (exact) mass is 354 g/mol. The molecule has 1 aromatic heterocycles. The fourth-order valence-corrected chi connectivity index (χ4v) is 3.38. The number of aromatic nitrogens is 2. The van der Waals surface area contributed by atoms with Crippen LogP contribution in [0.15, 0.2) is 10.7 Å². The van der Waals surface area contributed by atoms with Gasteiger partial charge in [-0.25, -0.2) is 9.97 Å². The van der Waals surface area contributed by atoms with E-state index in [1.54, 1.807) is 0 Å². The van der Waals surface area contributed by atoms with Crippen LogP contribution >= 0.6 is 15.9 Å². The topological polar surface area (TPSA) is 41.1 Å². The van der Waals surface area contributed by atoms with Crippen LogP contribution in [0.2, 0.25) is 0 Å². The maximum atomic E-state index is 4.49. The molecule has 0 aromatic carbocycles. The summed E-state index contributed by atoms with van der Waals surface area (Å²) < 4.78 is 0.858. The van der Waals surface area contributed by atoms with Crippen molar-refractivity contribution in [3.8, 4) is 0 Å². The molecule has 0 saturated heterocycles. The summed E-state index contributed by atoms with van der Waals surface area (Å²) in [5.41, 5.74) is 0. The van der Waals surface area contributed by atoms with E-state index in [2.05, 4.69) is 50.1 Å². The van der Waals surface area contributed by atoms with Gasteiger partial charge in [0.25, 0.3) is 0 Å². The lowest BCUT2D eigenvalue weighted by Crippen LogP contribution is -2.34. The molecule has 0 spiro atoms. The largest absolute Gasteiger partial charge is 0.370 e. The van der Waals surface area contributed by atoms with Crippen molar-refractivity contribution in [1.29, 1.82) is 0 Å². The predicted octanol–water partition coefficient (Wildman–Crippen LogP) is 3.87. The molecule has 2 rings (SSSR count). The summed E-state index contributed by atoms with van der Waals surface area (Å²) in [6.07, 6.45) is 9.00. The van der Waals surface area contributed by atoms with E-state index < -0.39 is 0 Å². The number of hydrogen-bond donors (Lipinski definition) is 1. The Morgan fingerprint density at radius 2 is 2.05 bits per heavy atom. The molecule has 1 saturated carbocycles. The average molecular weight is 355 g/mol. The molecule has 0 atom stereocenters. The van der Waals surface area contributed by atoms with E-state index in [0.29, 0.717) is 0 Å². The molecule has 118 valence electrons. The van der Waals surface area contributed by atoms with E-state index >= 15 is 0 Å². The number of halogens is 1. The zero-order valence-electron chi connectivity index (χ0n) is 13.2. The Kier molecular flexibility index (Phi) is 6.90. The van der Waals surface area contributed by atoms with Crippen LogP contribution in [0.4, 0.5) is 5.82 Å². The summed E-state index contributed by atoms with van der Waals surface area (Å²) in [5, 5.41) is 3.41. The minimum atomic E-state index is 0.804. The van der Waals surface area contributed by atoms with Crippen molar-refractivity contribution in [2.45, 2.75) is 57.9 Å². The molecule has 1 aromatic rings. The third-order valence-electron chi connectivity index (χ3n) is 4.25. The number of nitrogens with zero attached hydrogens (tertiary/aromatic N) is 3. The van der Waals surface area contributed by atoms with Gasteiger partial charge in [0, 0.05) is 25.1 Å². The van der Waals surface area contributed by atoms with E-state index in [4.69, 9.17) is 0 Å². The molecule has 1 heterocycles. The van der Waals surface area contributed by atoms with Crippen LogP contribution in [0.25, 0.3) is 0 Å². The SMILES string of the molecule is CCc1nc(Br)cc(NCCCN(C)C2CCCCC2)n1. The lowest BCUT2D eigenvalue weighted by Gasteiger charge is -2.31. The van der Waals surface area contributed by atoms with Crippen molar-refractivity contribution in [2.75, 3.05) is 25.5 Å². The lowest BCUT2D eigenvalue weighted by atomic mass is 9.94. The van der Waals surface area contributed by atoms with Crippen LogP contribution in [0, 0.1) is 0 Å². The van der Waals surface area contributed by atoms with Gasteiger partial charge >= 0.3 is 0 Å². The maximum Gasteiger partial charge on any atom is 0.131 e. The van der Waals surface area contributed by atoms with E-state index in [9.17, 15) is 0 Å². The minimum absolute atomic E-state index is 0.804. The molecule has 0 amide bonds. The van der Waals surface area contributed by atoms with Crippen molar-refractivity contribution < 1.29 is 0 Å². The fourth-order valence-electron chi connectivity index (χ4n) is 2.96. The van der Waals surface area contributed by atoms with Gasteiger partial charge in [-0.05, 0) is 48.8 Å². The zero-order chi connectivity index (χ0) is 15.1. The first-order valence-electron chi connectivity index (χ1n) is 8.16. The van der Waals surface area contributed by atoms with Crippen LogP contribution in [-0.2, 0) is 6.42 Å². The van der Waals surface area contributed by atoms with Crippen LogP contribution < -0.4 is 5.32 Å². The molecule has 0 aliphatic heterocycles. The minimum Gasteiger partial charge on any atom is -0.370 e. The van der Waals surface area contributed by atoms with E-state index in [1.807, 2.05) is 6.07 Å². The second-order valence-electron chi connectivity index (χ2n) is 5.90. The molecule has 1 aliphatic carbocycles. The van der Waals surface area contributed by atoms with Crippen molar-refractivity contribution >= 4 is 21.7 Å². The molecule has 5 heteroatoms. The van der Waals surface area contributed by atoms with Crippen LogP contribution in [-0.4, -0.2) is 41.0 Å². The van der Waals surface area contributed by atoms with Crippen molar-refractivity contribution in [3.05, 3.63) is 16.5 Å². The number of rotatable bonds is 7. The fraction of sp³-hybridized carbons (Fsp3) is 0.750. The maximum absolute atomic E-state index is 4.49. The van der Waals surface area contributed by atoms with Gasteiger partial charge in [0.05, 0.1) is 0 Å². The highest BCUT2D eigenvalue weighted by atomic mass is 79.9. The Hall–Kier alpha value is -0.680. The number of hydrogen-bond acceptors (Lipinski definition) is 4. The zero-order valence-corrected chi connectivity index (χ0v) is 14.8. The summed E-state index contributed by atoms with van der Waals surface area (Å²) in [5.74, 6) is 1.81. The van der Waals surface area contributed by atoms with Gasteiger partial charge in [0.15, 0.2) is 0 Å². The predicted molar refractivity (Wildman–Crippen MR) is 91.7 cm³/mol. The Balaban J connectivity index is 1.70. The molecule has 0 unspecified atom stereocenters. The van der Waals surface area contributed by atoms with Gasteiger partial charge in [-0.15, -0.1) is 0 Å². The quantitative estimate of drug-likeness (QED) is 0.596. The third kappa shape index (κ3) is 5.55. The van der Waals surface area contributed by atoms with Gasteiger partial charge in [-0.1, -0.05) is 26.2 Å². The Labute approximate surface area is 136 Å². The Morgan fingerprint density at radius 1 is 1.29 bits per heavy atom. The smallest absolute Gasteiger partial charge is 0.131 e. The van der Waals surface area contributed by atoms with Crippen molar-refractivity contribution in [1.82, 2.24) is 14.9 Å². The van der Waals surface area contributed by atoms with E-state index in [0.717, 1.165) is 48.2 Å². The molecule has 0 bridgehead atoms. The average Bonchev–Trinajstić information content (AvgIpc) is 2.51. The molecule has 1 aliphatic rings. The highest BCUT2D eigenvalue weighted by Gasteiger charge is 2.17. The van der Waals surface area contributed by atoms with Crippen LogP contribution in [0.5, 0.6) is 0 Å². The van der Waals surface area contributed by atoms with Gasteiger partial charge in [0.1, 0.15) is 16.2 Å². The van der Waals surface area contributed by atoms with Crippen molar-refractivity contribution in [2.24, 2.45) is 0 Å². The number of anilines is 1. The normalized spacial score (nSPS) is 16.4. The third-order valence-corrected chi connectivity index (χ3v) is 4.66. The number of aryl methyl sites for hydroxylation is 1. The van der Waals surface area contributed by atoms with Crippen LogP contribution in [0.3, 0.4) is 0 Å². The summed E-state index contributed by atoms with van der Waals surface area (Å²) in [4.78, 5) is 11.4. The first-order valence-corrected chi connectivity index (χ1v) is 8.96. The first-order chi connectivity index (χ1) is 10.2. The van der Waals surface area contributed by atoms with Gasteiger partial charge in [-0.3, -0.25) is 0 Å². The Morgan fingerprint density at radius 3 is 2.76 bits per heavy atom. The summed E-state index contributed by atoms with van der Waals surface area (Å²) in [6, 6.07) is 2.75. The van der Waals surface area contributed by atoms with Gasteiger partial charge in [0.2, 0.25) is 0 Å². The second kappa shape index (κ2) is 8.69. The second-order valence-corrected chi connectivity index (χ2v) is 6.71. The lowest BCUT2D eigenvalue weighted by molar-refractivity contribution is 0.191. The molecular weight excluding hydrogens is 328 g/mol. The molecule has 4 nitrogen and oxygen atoms in total. The van der Waals surface area contributed by atoms with Gasteiger partial charge < -0.3 is 10.2 Å². The van der Waals surface area contributed by atoms with Crippen LogP contribution in [0.1, 0.15) is 51.3 Å². The highest BCUT2D eigenvalue weighted by molar-refractivity contribution is 9.10. The molecular formula is C16H27BrN4. The van der Waals surface area contributed by atoms with E-state index in [-0.39, 0.29) is 0 Å². The Bertz CT molecular complexity index is 432. The summed E-state index contributed by atoms with van der Waals surface area (Å²) in [7, 11) is 2.27. The standard InChI is InChI=1S/C16H27BrN4/c1-3-15-19-14(17)12-16(20-15)18-10-7-11-21(2)13-8-5-4-6-9-13/h12-13H,3-11H2,1-2H3,(H,18,19,20). The van der Waals surface area contributed by atoms with E-state index in [1.165, 1.54) is 32.1 Å². The summed E-state index contributed by atoms with van der Waals surface area (Å²) in [6.45, 7) is 4.19.